The summed E-state index contributed by atoms with van der Waals surface area (Å²) in [5, 5.41) is 5.68. The summed E-state index contributed by atoms with van der Waals surface area (Å²) in [4.78, 5) is 25.2. The largest absolute Gasteiger partial charge is 0.482 e. The summed E-state index contributed by atoms with van der Waals surface area (Å²) in [6, 6.07) is 8.64. The Labute approximate surface area is 139 Å². The fraction of sp³-hybridized carbons (Fsp3) is 0.294. The molecule has 2 N–H and O–H groups in total. The first-order valence-corrected chi connectivity index (χ1v) is 7.63. The Hall–Kier alpha value is -2.96. The Morgan fingerprint density at radius 3 is 3.00 bits per heavy atom. The van der Waals surface area contributed by atoms with Gasteiger partial charge >= 0.3 is 6.03 Å². The van der Waals surface area contributed by atoms with Crippen LogP contribution in [0.15, 0.2) is 41.0 Å². The lowest BCUT2D eigenvalue weighted by Gasteiger charge is -2.23. The molecule has 7 nitrogen and oxygen atoms in total. The lowest BCUT2D eigenvalue weighted by Crippen LogP contribution is -2.38. The zero-order valence-electron chi connectivity index (χ0n) is 13.5. The molecule has 7 heteroatoms. The number of fused-ring (bicyclic) bond motifs is 1. The van der Waals surface area contributed by atoms with Crippen molar-refractivity contribution in [2.75, 3.05) is 19.0 Å². The van der Waals surface area contributed by atoms with Crippen molar-refractivity contribution in [3.05, 3.63) is 47.9 Å². The van der Waals surface area contributed by atoms with Crippen LogP contribution in [0.5, 0.6) is 5.75 Å². The molecule has 3 rings (SSSR count). The summed E-state index contributed by atoms with van der Waals surface area (Å²) in [6.07, 6.45) is 1.58. The van der Waals surface area contributed by atoms with Gasteiger partial charge in [-0.15, -0.1) is 0 Å². The van der Waals surface area contributed by atoms with Crippen molar-refractivity contribution in [2.45, 2.75) is 19.5 Å². The molecule has 0 bridgehead atoms. The van der Waals surface area contributed by atoms with E-state index in [0.717, 1.165) is 5.56 Å². The topological polar surface area (TPSA) is 83.8 Å². The van der Waals surface area contributed by atoms with Gasteiger partial charge in [-0.2, -0.15) is 0 Å². The number of rotatable bonds is 4. The number of hydrogen-bond acceptors (Lipinski definition) is 4. The summed E-state index contributed by atoms with van der Waals surface area (Å²) in [5.41, 5.74) is 1.49. The lowest BCUT2D eigenvalue weighted by atomic mass is 10.1. The molecule has 0 spiro atoms. The van der Waals surface area contributed by atoms with Crippen LogP contribution in [0.1, 0.15) is 24.3 Å². The maximum Gasteiger partial charge on any atom is 0.318 e. The Bertz CT molecular complexity index is 742. The molecule has 1 aliphatic rings. The van der Waals surface area contributed by atoms with E-state index in [9.17, 15) is 9.59 Å². The van der Waals surface area contributed by atoms with Crippen molar-refractivity contribution in [3.8, 4) is 5.75 Å². The van der Waals surface area contributed by atoms with Crippen LogP contribution in [0.3, 0.4) is 0 Å². The third kappa shape index (κ3) is 3.51. The van der Waals surface area contributed by atoms with Crippen LogP contribution >= 0.6 is 0 Å². The van der Waals surface area contributed by atoms with Crippen molar-refractivity contribution < 1.29 is 18.7 Å². The van der Waals surface area contributed by atoms with Gasteiger partial charge in [0.05, 0.1) is 24.5 Å². The third-order valence-electron chi connectivity index (χ3n) is 3.80. The van der Waals surface area contributed by atoms with E-state index in [1.807, 2.05) is 25.1 Å². The van der Waals surface area contributed by atoms with Crippen LogP contribution in [-0.2, 0) is 11.3 Å². The maximum atomic E-state index is 12.3. The van der Waals surface area contributed by atoms with Crippen molar-refractivity contribution >= 4 is 17.6 Å². The number of urea groups is 1. The molecule has 1 aromatic carbocycles. The van der Waals surface area contributed by atoms with E-state index in [1.165, 1.54) is 0 Å². The average Bonchev–Trinajstić information content (AvgIpc) is 3.06. The molecule has 0 radical (unpaired) electrons. The first-order valence-electron chi connectivity index (χ1n) is 7.63. The SMILES string of the molecule is C[C@@H](NC(=O)N(C)Cc1ccco1)c1ccc2c(c1)NC(=O)CO2. The molecule has 0 saturated heterocycles. The summed E-state index contributed by atoms with van der Waals surface area (Å²) in [6.45, 7) is 2.29. The molecule has 0 fully saturated rings. The average molecular weight is 329 g/mol. The van der Waals surface area contributed by atoms with Crippen molar-refractivity contribution in [3.63, 3.8) is 0 Å². The molecule has 2 aromatic rings. The van der Waals surface area contributed by atoms with Crippen LogP contribution < -0.4 is 15.4 Å². The zero-order chi connectivity index (χ0) is 17.1. The van der Waals surface area contributed by atoms with Crippen LogP contribution in [0, 0.1) is 0 Å². The summed E-state index contributed by atoms with van der Waals surface area (Å²) in [5.74, 6) is 1.16. The van der Waals surface area contributed by atoms with Gasteiger partial charge in [-0.1, -0.05) is 6.07 Å². The number of carbonyl (C=O) groups excluding carboxylic acids is 2. The predicted molar refractivity (Wildman–Crippen MR) is 87.7 cm³/mol. The molecule has 0 saturated carbocycles. The molecule has 1 aliphatic heterocycles. The van der Waals surface area contributed by atoms with E-state index in [1.54, 1.807) is 30.3 Å². The second kappa shape index (κ2) is 6.66. The molecule has 24 heavy (non-hydrogen) atoms. The Balaban J connectivity index is 1.64. The van der Waals surface area contributed by atoms with Crippen LogP contribution in [0.25, 0.3) is 0 Å². The summed E-state index contributed by atoms with van der Waals surface area (Å²) < 4.78 is 10.6. The van der Waals surface area contributed by atoms with Crippen LogP contribution in [0.4, 0.5) is 10.5 Å². The summed E-state index contributed by atoms with van der Waals surface area (Å²) in [7, 11) is 1.70. The molecular formula is C17H19N3O4. The minimum absolute atomic E-state index is 0.0240. The molecular weight excluding hydrogens is 310 g/mol. The van der Waals surface area contributed by atoms with Crippen molar-refractivity contribution in [2.24, 2.45) is 0 Å². The molecule has 1 aromatic heterocycles. The maximum absolute atomic E-state index is 12.3. The van der Waals surface area contributed by atoms with Gasteiger partial charge in [0.1, 0.15) is 11.5 Å². The normalized spacial score (nSPS) is 14.2. The number of anilines is 1. The number of furan rings is 1. The number of hydrogen-bond donors (Lipinski definition) is 2. The molecule has 2 heterocycles. The van der Waals surface area contributed by atoms with Gasteiger partial charge in [0.25, 0.3) is 5.91 Å². The first-order chi connectivity index (χ1) is 11.5. The Kier molecular flexibility index (Phi) is 4.41. The van der Waals surface area contributed by atoms with Gasteiger partial charge < -0.3 is 24.7 Å². The van der Waals surface area contributed by atoms with Gasteiger partial charge in [0, 0.05) is 7.05 Å². The molecule has 126 valence electrons. The van der Waals surface area contributed by atoms with Gasteiger partial charge in [0.2, 0.25) is 0 Å². The highest BCUT2D eigenvalue weighted by Gasteiger charge is 2.19. The fourth-order valence-corrected chi connectivity index (χ4v) is 2.46. The minimum atomic E-state index is -0.222. The fourth-order valence-electron chi connectivity index (χ4n) is 2.46. The number of benzene rings is 1. The van der Waals surface area contributed by atoms with Gasteiger partial charge in [0.15, 0.2) is 6.61 Å². The third-order valence-corrected chi connectivity index (χ3v) is 3.80. The lowest BCUT2D eigenvalue weighted by molar-refractivity contribution is -0.118. The van der Waals surface area contributed by atoms with Gasteiger partial charge in [-0.25, -0.2) is 4.79 Å². The van der Waals surface area contributed by atoms with E-state index >= 15 is 0 Å². The second-order valence-corrected chi connectivity index (χ2v) is 5.70. The number of ether oxygens (including phenoxy) is 1. The Morgan fingerprint density at radius 2 is 2.25 bits per heavy atom. The molecule has 1 atom stereocenters. The quantitative estimate of drug-likeness (QED) is 0.903. The number of carbonyl (C=O) groups is 2. The molecule has 0 aliphatic carbocycles. The van der Waals surface area contributed by atoms with E-state index in [-0.39, 0.29) is 24.6 Å². The minimum Gasteiger partial charge on any atom is -0.482 e. The van der Waals surface area contributed by atoms with E-state index in [2.05, 4.69) is 10.6 Å². The Morgan fingerprint density at radius 1 is 1.42 bits per heavy atom. The summed E-state index contributed by atoms with van der Waals surface area (Å²) >= 11 is 0. The number of amides is 3. The smallest absolute Gasteiger partial charge is 0.318 e. The van der Waals surface area contributed by atoms with E-state index < -0.39 is 0 Å². The van der Waals surface area contributed by atoms with Crippen LogP contribution in [0.2, 0.25) is 0 Å². The van der Waals surface area contributed by atoms with Crippen LogP contribution in [-0.4, -0.2) is 30.5 Å². The van der Waals surface area contributed by atoms with Crippen molar-refractivity contribution in [1.29, 1.82) is 0 Å². The van der Waals surface area contributed by atoms with E-state index in [0.29, 0.717) is 23.7 Å². The highest BCUT2D eigenvalue weighted by Crippen LogP contribution is 2.30. The predicted octanol–water partition coefficient (Wildman–Crippen LogP) is 2.51. The molecule has 3 amide bonds. The monoisotopic (exact) mass is 329 g/mol. The second-order valence-electron chi connectivity index (χ2n) is 5.70. The number of nitrogens with zero attached hydrogens (tertiary/aromatic N) is 1. The van der Waals surface area contributed by atoms with E-state index in [4.69, 9.17) is 9.15 Å². The first kappa shape index (κ1) is 15.9. The zero-order valence-corrected chi connectivity index (χ0v) is 13.5. The van der Waals surface area contributed by atoms with Gasteiger partial charge in [-0.3, -0.25) is 4.79 Å². The highest BCUT2D eigenvalue weighted by molar-refractivity contribution is 5.95. The highest BCUT2D eigenvalue weighted by atomic mass is 16.5. The van der Waals surface area contributed by atoms with Gasteiger partial charge in [-0.05, 0) is 36.8 Å². The number of nitrogens with one attached hydrogen (secondary N) is 2. The standard InChI is InChI=1S/C17H19N3O4/c1-11(18-17(22)20(2)9-13-4-3-7-23-13)12-5-6-15-14(8-12)19-16(21)10-24-15/h3-8,11H,9-10H2,1-2H3,(H,18,22)(H,19,21)/t11-/m1/s1. The van der Waals surface area contributed by atoms with Crippen molar-refractivity contribution in [1.82, 2.24) is 10.2 Å². The molecule has 0 unspecified atom stereocenters.